The number of nitriles is 2. The normalized spacial score (nSPS) is 14.4. The lowest BCUT2D eigenvalue weighted by Crippen LogP contribution is -2.05. The molecule has 1 aliphatic rings. The maximum Gasteiger partial charge on any atom is 0.0992 e. The first kappa shape index (κ1) is 27.7. The van der Waals surface area contributed by atoms with Gasteiger partial charge in [-0.2, -0.15) is 10.5 Å². The molecule has 8 aromatic rings. The van der Waals surface area contributed by atoms with Crippen LogP contribution in [-0.2, 0) is 0 Å². The number of nitrogens with zero attached hydrogens (tertiary/aromatic N) is 4. The van der Waals surface area contributed by atoms with Crippen LogP contribution in [0.15, 0.2) is 152 Å². The lowest BCUT2D eigenvalue weighted by Gasteiger charge is -2.23. The minimum absolute atomic E-state index is 0.161. The Morgan fingerprint density at radius 2 is 1.08 bits per heavy atom. The van der Waals surface area contributed by atoms with Gasteiger partial charge in [0.25, 0.3) is 0 Å². The molecule has 0 spiro atoms. The first-order valence-corrected chi connectivity index (χ1v) is 16.2. The second-order valence-electron chi connectivity index (χ2n) is 12.3. The van der Waals surface area contributed by atoms with E-state index in [-0.39, 0.29) is 5.92 Å². The van der Waals surface area contributed by atoms with Gasteiger partial charge < -0.3 is 9.13 Å². The summed E-state index contributed by atoms with van der Waals surface area (Å²) in [7, 11) is 0. The predicted molar refractivity (Wildman–Crippen MR) is 196 cm³/mol. The van der Waals surface area contributed by atoms with Gasteiger partial charge in [-0.25, -0.2) is 0 Å². The van der Waals surface area contributed by atoms with Crippen molar-refractivity contribution in [1.82, 2.24) is 9.13 Å². The zero-order valence-corrected chi connectivity index (χ0v) is 26.0. The maximum absolute atomic E-state index is 9.98. The van der Waals surface area contributed by atoms with Gasteiger partial charge >= 0.3 is 0 Å². The average Bonchev–Trinajstić information content (AvgIpc) is 3.67. The highest BCUT2D eigenvalue weighted by Crippen LogP contribution is 2.42. The van der Waals surface area contributed by atoms with E-state index in [1.165, 1.54) is 21.7 Å². The van der Waals surface area contributed by atoms with Gasteiger partial charge in [0.1, 0.15) is 0 Å². The number of aromatic nitrogens is 2. The fourth-order valence-electron chi connectivity index (χ4n) is 7.59. The topological polar surface area (TPSA) is 57.4 Å². The molecule has 0 fully saturated rings. The number of allylic oxidation sites excluding steroid dienone is 4. The van der Waals surface area contributed by atoms with Crippen molar-refractivity contribution in [3.8, 4) is 29.0 Å². The Balaban J connectivity index is 1.18. The highest BCUT2D eigenvalue weighted by molar-refractivity contribution is 6.11. The Labute approximate surface area is 277 Å². The molecule has 0 radical (unpaired) electrons. The number of rotatable bonds is 4. The summed E-state index contributed by atoms with van der Waals surface area (Å²) in [6, 6.07) is 50.8. The van der Waals surface area contributed by atoms with Crippen LogP contribution >= 0.6 is 0 Å². The molecule has 9 rings (SSSR count). The van der Waals surface area contributed by atoms with Gasteiger partial charge in [-0.3, -0.25) is 0 Å². The lowest BCUT2D eigenvalue weighted by atomic mass is 9.85. The molecule has 1 unspecified atom stereocenters. The molecule has 0 saturated carbocycles. The molecule has 0 bridgehead atoms. The molecule has 4 heteroatoms. The Hall–Kier alpha value is -6.62. The van der Waals surface area contributed by atoms with E-state index in [9.17, 15) is 10.5 Å². The van der Waals surface area contributed by atoms with Crippen molar-refractivity contribution in [2.45, 2.75) is 12.3 Å². The molecule has 4 nitrogen and oxygen atoms in total. The van der Waals surface area contributed by atoms with E-state index < -0.39 is 0 Å². The van der Waals surface area contributed by atoms with E-state index in [0.717, 1.165) is 56.4 Å². The standard InChI is InChI=1S/C44H28N4/c45-27-29-18-24-39-37-13-3-6-14-40(37)47(43(39)25-29)32-21-19-31(20-22-32)33-9-1-2-10-34(33)38-23-17-30(28-46)26-44(38)48-41-15-7-4-11-35(41)36-12-5-8-16-42(36)48/h1-19,21-26,31H,20H2. The van der Waals surface area contributed by atoms with Gasteiger partial charge in [-0.1, -0.05) is 103 Å². The molecule has 0 amide bonds. The van der Waals surface area contributed by atoms with Gasteiger partial charge in [-0.15, -0.1) is 0 Å². The van der Waals surface area contributed by atoms with Crippen molar-refractivity contribution >= 4 is 49.3 Å². The average molecular weight is 613 g/mol. The summed E-state index contributed by atoms with van der Waals surface area (Å²) in [6.45, 7) is 0. The summed E-state index contributed by atoms with van der Waals surface area (Å²) >= 11 is 0. The van der Waals surface area contributed by atoms with E-state index >= 15 is 0 Å². The highest BCUT2D eigenvalue weighted by Gasteiger charge is 2.22. The largest absolute Gasteiger partial charge is 0.310 e. The van der Waals surface area contributed by atoms with Crippen LogP contribution in [0, 0.1) is 22.7 Å². The molecule has 0 N–H and O–H groups in total. The van der Waals surface area contributed by atoms with Crippen molar-refractivity contribution in [2.75, 3.05) is 0 Å². The smallest absolute Gasteiger partial charge is 0.0992 e. The SMILES string of the molecule is N#Cc1ccc(-c2ccccc2C2C=CC(n3c4ccccc4c4ccc(C#N)cc43)=CC2)c(-n2c3ccccc3c3ccccc32)c1. The number of hydrogen-bond donors (Lipinski definition) is 0. The highest BCUT2D eigenvalue weighted by atomic mass is 15.0. The molecule has 1 atom stereocenters. The van der Waals surface area contributed by atoms with Crippen LogP contribution in [0.2, 0.25) is 0 Å². The lowest BCUT2D eigenvalue weighted by molar-refractivity contribution is 0.852. The van der Waals surface area contributed by atoms with E-state index in [2.05, 4.69) is 149 Å². The summed E-state index contributed by atoms with van der Waals surface area (Å²) in [5, 5.41) is 24.3. The minimum Gasteiger partial charge on any atom is -0.310 e. The maximum atomic E-state index is 9.98. The summed E-state index contributed by atoms with van der Waals surface area (Å²) in [5.41, 5.74) is 11.3. The fourth-order valence-corrected chi connectivity index (χ4v) is 7.59. The minimum atomic E-state index is 0.161. The van der Waals surface area contributed by atoms with Gasteiger partial charge in [-0.05, 0) is 66.1 Å². The van der Waals surface area contributed by atoms with Crippen LogP contribution in [-0.4, -0.2) is 9.13 Å². The third-order valence-corrected chi connectivity index (χ3v) is 9.74. The first-order valence-electron chi connectivity index (χ1n) is 16.2. The van der Waals surface area contributed by atoms with Crippen molar-refractivity contribution in [1.29, 1.82) is 10.5 Å². The second kappa shape index (κ2) is 11.0. The van der Waals surface area contributed by atoms with Gasteiger partial charge in [0.05, 0.1) is 51.0 Å². The van der Waals surface area contributed by atoms with Crippen molar-refractivity contribution in [2.24, 2.45) is 0 Å². The molecular formula is C44H28N4. The molecule has 2 heterocycles. The zero-order chi connectivity index (χ0) is 32.2. The molecule has 48 heavy (non-hydrogen) atoms. The van der Waals surface area contributed by atoms with Crippen molar-refractivity contribution in [3.05, 3.63) is 168 Å². The Kier molecular flexibility index (Phi) is 6.35. The van der Waals surface area contributed by atoms with Crippen LogP contribution < -0.4 is 0 Å². The quantitative estimate of drug-likeness (QED) is 0.199. The predicted octanol–water partition coefficient (Wildman–Crippen LogP) is 10.9. The Morgan fingerprint density at radius 3 is 1.73 bits per heavy atom. The van der Waals surface area contributed by atoms with Crippen molar-refractivity contribution in [3.63, 3.8) is 0 Å². The van der Waals surface area contributed by atoms with Gasteiger partial charge in [0, 0.05) is 38.7 Å². The summed E-state index contributed by atoms with van der Waals surface area (Å²) in [5.74, 6) is 0.161. The Bertz CT molecular complexity index is 2680. The van der Waals surface area contributed by atoms with E-state index in [4.69, 9.17) is 0 Å². The number of benzene rings is 6. The van der Waals surface area contributed by atoms with E-state index in [0.29, 0.717) is 11.1 Å². The van der Waals surface area contributed by atoms with Crippen LogP contribution in [0.5, 0.6) is 0 Å². The molecule has 224 valence electrons. The second-order valence-corrected chi connectivity index (χ2v) is 12.3. The number of fused-ring (bicyclic) bond motifs is 6. The third kappa shape index (κ3) is 4.21. The summed E-state index contributed by atoms with van der Waals surface area (Å²) in [4.78, 5) is 0. The number of para-hydroxylation sites is 3. The molecule has 6 aromatic carbocycles. The van der Waals surface area contributed by atoms with Gasteiger partial charge in [0.15, 0.2) is 0 Å². The number of hydrogen-bond acceptors (Lipinski definition) is 2. The third-order valence-electron chi connectivity index (χ3n) is 9.74. The van der Waals surface area contributed by atoms with Crippen LogP contribution in [0.25, 0.3) is 66.1 Å². The fraction of sp³-hybridized carbons (Fsp3) is 0.0455. The monoisotopic (exact) mass is 612 g/mol. The Morgan fingerprint density at radius 1 is 0.521 bits per heavy atom. The molecule has 1 aliphatic carbocycles. The van der Waals surface area contributed by atoms with E-state index in [1.54, 1.807) is 0 Å². The molecule has 0 saturated heterocycles. The molecule has 2 aromatic heterocycles. The van der Waals surface area contributed by atoms with Crippen LogP contribution in [0.4, 0.5) is 0 Å². The van der Waals surface area contributed by atoms with Crippen molar-refractivity contribution < 1.29 is 0 Å². The zero-order valence-electron chi connectivity index (χ0n) is 26.0. The first-order chi connectivity index (χ1) is 23.7. The summed E-state index contributed by atoms with van der Waals surface area (Å²) < 4.78 is 4.59. The van der Waals surface area contributed by atoms with Gasteiger partial charge in [0.2, 0.25) is 0 Å². The molecular weight excluding hydrogens is 585 g/mol. The van der Waals surface area contributed by atoms with E-state index in [1.807, 2.05) is 24.3 Å². The summed E-state index contributed by atoms with van der Waals surface area (Å²) in [6.07, 6.45) is 7.68. The molecule has 0 aliphatic heterocycles. The van der Waals surface area contributed by atoms with Crippen LogP contribution in [0.3, 0.4) is 0 Å². The van der Waals surface area contributed by atoms with Crippen LogP contribution in [0.1, 0.15) is 29.0 Å².